The van der Waals surface area contributed by atoms with Crippen LogP contribution in [-0.4, -0.2) is 4.98 Å². The molecule has 0 spiro atoms. The van der Waals surface area contributed by atoms with Gasteiger partial charge in [0.25, 0.3) is 0 Å². The zero-order valence-electron chi connectivity index (χ0n) is 6.84. The van der Waals surface area contributed by atoms with Crippen LogP contribution in [0.5, 0.6) is 0 Å². The Morgan fingerprint density at radius 2 is 2.18 bits per heavy atom. The molecule has 1 fully saturated rings. The van der Waals surface area contributed by atoms with E-state index in [4.69, 9.17) is 4.42 Å². The summed E-state index contributed by atoms with van der Waals surface area (Å²) in [6.07, 6.45) is 7.02. The van der Waals surface area contributed by atoms with Gasteiger partial charge in [0.05, 0.1) is 6.20 Å². The summed E-state index contributed by atoms with van der Waals surface area (Å²) in [5.74, 6) is 2.51. The fraction of sp³-hybridized carbons (Fsp3) is 0.667. The van der Waals surface area contributed by atoms with Crippen LogP contribution < -0.4 is 0 Å². The van der Waals surface area contributed by atoms with Crippen molar-refractivity contribution in [2.45, 2.75) is 38.5 Å². The van der Waals surface area contributed by atoms with Crippen molar-refractivity contribution in [3.8, 4) is 0 Å². The lowest BCUT2D eigenvalue weighted by Crippen LogP contribution is -1.90. The summed E-state index contributed by atoms with van der Waals surface area (Å²) in [4.78, 5) is 4.23. The van der Waals surface area contributed by atoms with Crippen LogP contribution >= 0.6 is 0 Å². The molecule has 1 aliphatic carbocycles. The lowest BCUT2D eigenvalue weighted by molar-refractivity contribution is 0.431. The highest BCUT2D eigenvalue weighted by Gasteiger charge is 2.20. The molecular formula is C9H13NO. The van der Waals surface area contributed by atoms with Crippen molar-refractivity contribution in [3.63, 3.8) is 0 Å². The van der Waals surface area contributed by atoms with Crippen molar-refractivity contribution in [1.29, 1.82) is 0 Å². The third-order valence-electron chi connectivity index (χ3n) is 2.34. The van der Waals surface area contributed by atoms with E-state index in [1.165, 1.54) is 25.7 Å². The van der Waals surface area contributed by atoms with Gasteiger partial charge in [-0.05, 0) is 19.8 Å². The molecule has 0 saturated heterocycles. The van der Waals surface area contributed by atoms with Crippen molar-refractivity contribution in [2.75, 3.05) is 0 Å². The van der Waals surface area contributed by atoms with E-state index in [-0.39, 0.29) is 0 Å². The second-order valence-electron chi connectivity index (χ2n) is 3.29. The van der Waals surface area contributed by atoms with Gasteiger partial charge in [-0.2, -0.15) is 0 Å². The van der Waals surface area contributed by atoms with E-state index in [1.54, 1.807) is 0 Å². The first-order valence-electron chi connectivity index (χ1n) is 4.28. The summed E-state index contributed by atoms with van der Waals surface area (Å²) in [7, 11) is 0. The maximum absolute atomic E-state index is 5.46. The molecule has 0 aromatic carbocycles. The topological polar surface area (TPSA) is 26.0 Å². The van der Waals surface area contributed by atoms with Crippen molar-refractivity contribution in [1.82, 2.24) is 4.98 Å². The summed E-state index contributed by atoms with van der Waals surface area (Å²) in [5, 5.41) is 0. The molecule has 0 N–H and O–H groups in total. The zero-order chi connectivity index (χ0) is 7.68. The predicted molar refractivity (Wildman–Crippen MR) is 42.4 cm³/mol. The standard InChI is InChI=1S/C9H13NO/c1-7-6-10-9(11-7)8-4-2-3-5-8/h6,8H,2-5H2,1H3. The third-order valence-corrected chi connectivity index (χ3v) is 2.34. The number of aryl methyl sites for hydroxylation is 1. The van der Waals surface area contributed by atoms with Crippen LogP contribution in [0.25, 0.3) is 0 Å². The molecule has 0 atom stereocenters. The van der Waals surface area contributed by atoms with Crippen LogP contribution in [0.2, 0.25) is 0 Å². The Morgan fingerprint density at radius 1 is 1.45 bits per heavy atom. The minimum absolute atomic E-state index is 0.615. The molecule has 1 aliphatic rings. The zero-order valence-corrected chi connectivity index (χ0v) is 6.84. The van der Waals surface area contributed by atoms with Gasteiger partial charge in [0, 0.05) is 5.92 Å². The van der Waals surface area contributed by atoms with E-state index in [2.05, 4.69) is 4.98 Å². The summed E-state index contributed by atoms with van der Waals surface area (Å²) >= 11 is 0. The Labute approximate surface area is 66.6 Å². The molecule has 0 aliphatic heterocycles. The van der Waals surface area contributed by atoms with Crippen molar-refractivity contribution in [2.24, 2.45) is 0 Å². The summed E-state index contributed by atoms with van der Waals surface area (Å²) in [5.41, 5.74) is 0. The molecule has 11 heavy (non-hydrogen) atoms. The van der Waals surface area contributed by atoms with Gasteiger partial charge in [-0.25, -0.2) is 4.98 Å². The molecule has 60 valence electrons. The molecular weight excluding hydrogens is 138 g/mol. The molecule has 0 radical (unpaired) electrons. The highest BCUT2D eigenvalue weighted by Crippen LogP contribution is 2.33. The summed E-state index contributed by atoms with van der Waals surface area (Å²) in [6, 6.07) is 0. The van der Waals surface area contributed by atoms with Gasteiger partial charge in [-0.15, -0.1) is 0 Å². The van der Waals surface area contributed by atoms with Gasteiger partial charge in [0.2, 0.25) is 0 Å². The molecule has 1 saturated carbocycles. The Balaban J connectivity index is 2.15. The van der Waals surface area contributed by atoms with Gasteiger partial charge in [-0.3, -0.25) is 0 Å². The van der Waals surface area contributed by atoms with E-state index >= 15 is 0 Å². The Morgan fingerprint density at radius 3 is 2.73 bits per heavy atom. The molecule has 1 aromatic heterocycles. The number of oxazole rings is 1. The average molecular weight is 151 g/mol. The van der Waals surface area contributed by atoms with Gasteiger partial charge < -0.3 is 4.42 Å². The van der Waals surface area contributed by atoms with Crippen LogP contribution in [0.15, 0.2) is 10.6 Å². The van der Waals surface area contributed by atoms with Gasteiger partial charge >= 0.3 is 0 Å². The quantitative estimate of drug-likeness (QED) is 0.616. The second-order valence-corrected chi connectivity index (χ2v) is 3.29. The fourth-order valence-electron chi connectivity index (χ4n) is 1.73. The molecule has 2 heteroatoms. The molecule has 2 rings (SSSR count). The number of hydrogen-bond acceptors (Lipinski definition) is 2. The van der Waals surface area contributed by atoms with Crippen LogP contribution in [0.3, 0.4) is 0 Å². The monoisotopic (exact) mass is 151 g/mol. The van der Waals surface area contributed by atoms with E-state index in [0.717, 1.165) is 11.7 Å². The summed E-state index contributed by atoms with van der Waals surface area (Å²) < 4.78 is 5.46. The van der Waals surface area contributed by atoms with Crippen LogP contribution in [0, 0.1) is 6.92 Å². The Hall–Kier alpha value is -0.790. The van der Waals surface area contributed by atoms with Crippen LogP contribution in [0.1, 0.15) is 43.3 Å². The molecule has 0 amide bonds. The predicted octanol–water partition coefficient (Wildman–Crippen LogP) is 2.64. The second kappa shape index (κ2) is 2.68. The largest absolute Gasteiger partial charge is 0.446 e. The van der Waals surface area contributed by atoms with Gasteiger partial charge in [-0.1, -0.05) is 12.8 Å². The molecule has 2 nitrogen and oxygen atoms in total. The third kappa shape index (κ3) is 1.30. The van der Waals surface area contributed by atoms with Crippen molar-refractivity contribution < 1.29 is 4.42 Å². The molecule has 1 aromatic rings. The Kier molecular flexibility index (Phi) is 1.68. The van der Waals surface area contributed by atoms with Crippen molar-refractivity contribution in [3.05, 3.63) is 17.8 Å². The number of hydrogen-bond donors (Lipinski definition) is 0. The van der Waals surface area contributed by atoms with Crippen molar-refractivity contribution >= 4 is 0 Å². The maximum Gasteiger partial charge on any atom is 0.197 e. The first kappa shape index (κ1) is 6.89. The van der Waals surface area contributed by atoms with E-state index in [1.807, 2.05) is 13.1 Å². The minimum atomic E-state index is 0.615. The van der Waals surface area contributed by atoms with Crippen LogP contribution in [-0.2, 0) is 0 Å². The highest BCUT2D eigenvalue weighted by molar-refractivity contribution is 4.98. The highest BCUT2D eigenvalue weighted by atomic mass is 16.4. The first-order chi connectivity index (χ1) is 5.36. The SMILES string of the molecule is Cc1cnc(C2CCCC2)o1. The van der Waals surface area contributed by atoms with E-state index in [0.29, 0.717) is 5.92 Å². The Bertz CT molecular complexity index is 235. The van der Waals surface area contributed by atoms with Gasteiger partial charge in [0.1, 0.15) is 5.76 Å². The number of nitrogens with zero attached hydrogens (tertiary/aromatic N) is 1. The van der Waals surface area contributed by atoms with E-state index in [9.17, 15) is 0 Å². The van der Waals surface area contributed by atoms with Gasteiger partial charge in [0.15, 0.2) is 5.89 Å². The molecule has 0 bridgehead atoms. The first-order valence-corrected chi connectivity index (χ1v) is 4.28. The molecule has 0 unspecified atom stereocenters. The summed E-state index contributed by atoms with van der Waals surface area (Å²) in [6.45, 7) is 1.95. The van der Waals surface area contributed by atoms with Crippen LogP contribution in [0.4, 0.5) is 0 Å². The number of rotatable bonds is 1. The minimum Gasteiger partial charge on any atom is -0.446 e. The smallest absolute Gasteiger partial charge is 0.197 e. The average Bonchev–Trinajstić information content (AvgIpc) is 2.55. The molecule has 1 heterocycles. The lowest BCUT2D eigenvalue weighted by Gasteiger charge is -2.00. The lowest BCUT2D eigenvalue weighted by atomic mass is 10.1. The number of aromatic nitrogens is 1. The van der Waals surface area contributed by atoms with E-state index < -0.39 is 0 Å². The normalized spacial score (nSPS) is 19.4. The maximum atomic E-state index is 5.46. The fourth-order valence-corrected chi connectivity index (χ4v) is 1.73.